The molecule has 8 heteroatoms. The van der Waals surface area contributed by atoms with E-state index in [1.165, 1.54) is 10.7 Å². The fraction of sp³-hybridized carbons (Fsp3) is 0.778. The van der Waals surface area contributed by atoms with Gasteiger partial charge in [-0.3, -0.25) is 4.79 Å². The molecular weight excluding hydrogens is 354 g/mol. The van der Waals surface area contributed by atoms with Crippen LogP contribution in [-0.4, -0.2) is 54.9 Å². The lowest BCUT2D eigenvalue weighted by atomic mass is 9.85. The van der Waals surface area contributed by atoms with Crippen molar-refractivity contribution in [2.24, 2.45) is 11.8 Å². The van der Waals surface area contributed by atoms with Crippen LogP contribution in [0, 0.1) is 25.7 Å². The van der Waals surface area contributed by atoms with Crippen LogP contribution in [-0.2, 0) is 14.8 Å². The highest BCUT2D eigenvalue weighted by atomic mass is 32.2. The van der Waals surface area contributed by atoms with Gasteiger partial charge in [-0.1, -0.05) is 12.1 Å². The number of piperidine rings is 2. The monoisotopic (exact) mass is 383 g/mol. The number of rotatable bonds is 4. The average Bonchev–Trinajstić information content (AvgIpc) is 3.00. The molecule has 26 heavy (non-hydrogen) atoms. The van der Waals surface area contributed by atoms with Crippen molar-refractivity contribution in [1.82, 2.24) is 14.4 Å². The molecule has 0 aromatic carbocycles. The molecule has 0 radical (unpaired) electrons. The maximum absolute atomic E-state index is 12.9. The molecule has 1 aromatic heterocycles. The van der Waals surface area contributed by atoms with Crippen molar-refractivity contribution in [1.29, 1.82) is 0 Å². The standard InChI is InChI=1S/C18H29N3O4S/c1-13(18(22)20-9-5-4-6-10-20)16-7-11-21(12-8-16)26(23,24)17-14(2)19-25-15(17)3/h13,16H,4-12H2,1-3H3. The van der Waals surface area contributed by atoms with Gasteiger partial charge in [0, 0.05) is 32.1 Å². The maximum Gasteiger partial charge on any atom is 0.248 e. The summed E-state index contributed by atoms with van der Waals surface area (Å²) in [6.07, 6.45) is 4.81. The summed E-state index contributed by atoms with van der Waals surface area (Å²) in [6, 6.07) is 0. The van der Waals surface area contributed by atoms with Gasteiger partial charge in [0.05, 0.1) is 0 Å². The van der Waals surface area contributed by atoms with E-state index in [9.17, 15) is 13.2 Å². The Labute approximate surface area is 155 Å². The Balaban J connectivity index is 1.62. The lowest BCUT2D eigenvalue weighted by molar-refractivity contribution is -0.138. The van der Waals surface area contributed by atoms with E-state index in [4.69, 9.17) is 4.52 Å². The molecule has 0 saturated carbocycles. The fourth-order valence-corrected chi connectivity index (χ4v) is 5.95. The molecule has 3 heterocycles. The van der Waals surface area contributed by atoms with Gasteiger partial charge >= 0.3 is 0 Å². The van der Waals surface area contributed by atoms with Gasteiger partial charge in [-0.05, 0) is 51.9 Å². The van der Waals surface area contributed by atoms with Crippen molar-refractivity contribution in [3.05, 3.63) is 11.5 Å². The smallest absolute Gasteiger partial charge is 0.248 e. The first-order chi connectivity index (χ1) is 12.3. The Morgan fingerprint density at radius 2 is 1.73 bits per heavy atom. The summed E-state index contributed by atoms with van der Waals surface area (Å²) >= 11 is 0. The first kappa shape index (κ1) is 19.4. The molecular formula is C18H29N3O4S. The van der Waals surface area contributed by atoms with E-state index in [0.29, 0.717) is 37.4 Å². The van der Waals surface area contributed by atoms with Gasteiger partial charge in [-0.15, -0.1) is 0 Å². The number of carbonyl (C=O) groups excluding carboxylic acids is 1. The fourth-order valence-electron chi connectivity index (χ4n) is 4.19. The molecule has 7 nitrogen and oxygen atoms in total. The van der Waals surface area contributed by atoms with Crippen LogP contribution in [0.5, 0.6) is 0 Å². The molecule has 2 fully saturated rings. The number of sulfonamides is 1. The summed E-state index contributed by atoms with van der Waals surface area (Å²) in [5.74, 6) is 0.757. The maximum atomic E-state index is 12.9. The predicted molar refractivity (Wildman–Crippen MR) is 97.1 cm³/mol. The molecule has 0 spiro atoms. The molecule has 1 aromatic rings. The molecule has 0 N–H and O–H groups in total. The highest BCUT2D eigenvalue weighted by Gasteiger charge is 2.37. The summed E-state index contributed by atoms with van der Waals surface area (Å²) in [6.45, 7) is 7.88. The zero-order valence-corrected chi connectivity index (χ0v) is 16.7. The molecule has 0 bridgehead atoms. The Hall–Kier alpha value is -1.41. The van der Waals surface area contributed by atoms with Gasteiger partial charge in [-0.25, -0.2) is 8.42 Å². The highest BCUT2D eigenvalue weighted by Crippen LogP contribution is 2.31. The van der Waals surface area contributed by atoms with E-state index < -0.39 is 10.0 Å². The predicted octanol–water partition coefficient (Wildman–Crippen LogP) is 2.34. The third-order valence-electron chi connectivity index (χ3n) is 5.83. The molecule has 2 saturated heterocycles. The zero-order chi connectivity index (χ0) is 18.9. The van der Waals surface area contributed by atoms with E-state index >= 15 is 0 Å². The van der Waals surface area contributed by atoms with Gasteiger partial charge in [-0.2, -0.15) is 4.31 Å². The highest BCUT2D eigenvalue weighted by molar-refractivity contribution is 7.89. The van der Waals surface area contributed by atoms with Crippen LogP contribution in [0.25, 0.3) is 0 Å². The summed E-state index contributed by atoms with van der Waals surface area (Å²) < 4.78 is 32.3. The van der Waals surface area contributed by atoms with E-state index in [1.807, 2.05) is 11.8 Å². The Morgan fingerprint density at radius 3 is 2.27 bits per heavy atom. The lowest BCUT2D eigenvalue weighted by Gasteiger charge is -2.36. The number of amides is 1. The zero-order valence-electron chi connectivity index (χ0n) is 15.9. The van der Waals surface area contributed by atoms with Crippen LogP contribution >= 0.6 is 0 Å². The van der Waals surface area contributed by atoms with Crippen molar-refractivity contribution < 1.29 is 17.7 Å². The molecule has 2 aliphatic rings. The van der Waals surface area contributed by atoms with Crippen molar-refractivity contribution in [2.75, 3.05) is 26.2 Å². The second-order valence-electron chi connectivity index (χ2n) is 7.57. The van der Waals surface area contributed by atoms with Crippen LogP contribution < -0.4 is 0 Å². The summed E-state index contributed by atoms with van der Waals surface area (Å²) in [7, 11) is -3.59. The minimum atomic E-state index is -3.59. The molecule has 146 valence electrons. The number of nitrogens with zero attached hydrogens (tertiary/aromatic N) is 3. The van der Waals surface area contributed by atoms with E-state index in [0.717, 1.165) is 25.9 Å². The largest absolute Gasteiger partial charge is 0.360 e. The molecule has 1 unspecified atom stereocenters. The van der Waals surface area contributed by atoms with Gasteiger partial charge in [0.2, 0.25) is 15.9 Å². The molecule has 1 amide bonds. The van der Waals surface area contributed by atoms with Crippen LogP contribution in [0.4, 0.5) is 0 Å². The van der Waals surface area contributed by atoms with Gasteiger partial charge in [0.1, 0.15) is 10.6 Å². The van der Waals surface area contributed by atoms with E-state index in [1.54, 1.807) is 13.8 Å². The molecule has 1 atom stereocenters. The molecule has 2 aliphatic heterocycles. The molecule has 0 aliphatic carbocycles. The molecule has 3 rings (SSSR count). The quantitative estimate of drug-likeness (QED) is 0.797. The minimum absolute atomic E-state index is 0.0444. The number of likely N-dealkylation sites (tertiary alicyclic amines) is 1. The van der Waals surface area contributed by atoms with Gasteiger partial charge in [0.15, 0.2) is 5.76 Å². The van der Waals surface area contributed by atoms with Crippen molar-refractivity contribution in [2.45, 2.75) is 57.8 Å². The van der Waals surface area contributed by atoms with E-state index in [2.05, 4.69) is 5.16 Å². The average molecular weight is 384 g/mol. The van der Waals surface area contributed by atoms with Crippen LogP contribution in [0.3, 0.4) is 0 Å². The van der Waals surface area contributed by atoms with Crippen molar-refractivity contribution in [3.8, 4) is 0 Å². The van der Waals surface area contributed by atoms with E-state index in [-0.39, 0.29) is 22.6 Å². The number of hydrogen-bond donors (Lipinski definition) is 0. The number of aromatic nitrogens is 1. The Morgan fingerprint density at radius 1 is 1.12 bits per heavy atom. The van der Waals surface area contributed by atoms with Gasteiger partial charge < -0.3 is 9.42 Å². The minimum Gasteiger partial charge on any atom is -0.360 e. The van der Waals surface area contributed by atoms with Crippen molar-refractivity contribution >= 4 is 15.9 Å². The SMILES string of the molecule is Cc1noc(C)c1S(=O)(=O)N1CCC(C(C)C(=O)N2CCCCC2)CC1. The van der Waals surface area contributed by atoms with Crippen LogP contribution in [0.2, 0.25) is 0 Å². The third kappa shape index (κ3) is 3.67. The second-order valence-corrected chi connectivity index (χ2v) is 9.44. The number of aryl methyl sites for hydroxylation is 2. The normalized spacial score (nSPS) is 21.7. The first-order valence-electron chi connectivity index (χ1n) is 9.54. The third-order valence-corrected chi connectivity index (χ3v) is 7.97. The summed E-state index contributed by atoms with van der Waals surface area (Å²) in [5, 5.41) is 3.76. The first-order valence-corrected chi connectivity index (χ1v) is 11.0. The summed E-state index contributed by atoms with van der Waals surface area (Å²) in [5.41, 5.74) is 0.401. The summed E-state index contributed by atoms with van der Waals surface area (Å²) in [4.78, 5) is 14.9. The number of carbonyl (C=O) groups is 1. The van der Waals surface area contributed by atoms with Gasteiger partial charge in [0.25, 0.3) is 0 Å². The van der Waals surface area contributed by atoms with Crippen molar-refractivity contribution in [3.63, 3.8) is 0 Å². The van der Waals surface area contributed by atoms with Crippen LogP contribution in [0.15, 0.2) is 9.42 Å². The topological polar surface area (TPSA) is 83.7 Å². The Kier molecular flexibility index (Phi) is 5.72. The lowest BCUT2D eigenvalue weighted by Crippen LogP contribution is -2.45. The van der Waals surface area contributed by atoms with Crippen LogP contribution in [0.1, 0.15) is 50.5 Å². The number of hydrogen-bond acceptors (Lipinski definition) is 5. The second kappa shape index (κ2) is 7.68. The Bertz CT molecular complexity index is 725.